The van der Waals surface area contributed by atoms with Crippen LogP contribution in [0.25, 0.3) is 0 Å². The Morgan fingerprint density at radius 2 is 1.97 bits per heavy atom. The first-order chi connectivity index (χ1) is 17.9. The van der Waals surface area contributed by atoms with Gasteiger partial charge in [0.2, 0.25) is 5.56 Å². The number of esters is 1. The molecular formula is C31H40N2O5. The second kappa shape index (κ2) is 8.51. The van der Waals surface area contributed by atoms with E-state index in [1.54, 1.807) is 13.2 Å². The van der Waals surface area contributed by atoms with Gasteiger partial charge in [0.05, 0.1) is 17.2 Å². The van der Waals surface area contributed by atoms with Crippen molar-refractivity contribution in [2.75, 3.05) is 7.11 Å². The molecule has 38 heavy (non-hydrogen) atoms. The molecule has 7 heteroatoms. The van der Waals surface area contributed by atoms with Gasteiger partial charge in [-0.2, -0.15) is 0 Å². The highest BCUT2D eigenvalue weighted by atomic mass is 16.6. The molecule has 4 aliphatic carbocycles. The van der Waals surface area contributed by atoms with Crippen molar-refractivity contribution in [3.8, 4) is 0 Å². The fourth-order valence-electron chi connectivity index (χ4n) is 8.54. The summed E-state index contributed by atoms with van der Waals surface area (Å²) in [6.45, 7) is 10.7. The minimum absolute atomic E-state index is 0.0133. The van der Waals surface area contributed by atoms with Crippen LogP contribution in [-0.2, 0) is 26.2 Å². The fraction of sp³-hybridized carbons (Fsp3) is 0.613. The van der Waals surface area contributed by atoms with Crippen LogP contribution in [0.5, 0.6) is 0 Å². The Hall–Kier alpha value is -2.48. The minimum Gasteiger partial charge on any atom is -0.440 e. The van der Waals surface area contributed by atoms with Gasteiger partial charge in [0.15, 0.2) is 11.8 Å². The highest BCUT2D eigenvalue weighted by Gasteiger charge is 2.63. The summed E-state index contributed by atoms with van der Waals surface area (Å²) in [4.78, 5) is 29.1. The Labute approximate surface area is 224 Å². The number of fused-ring (bicyclic) bond motifs is 6. The molecule has 1 aliphatic heterocycles. The van der Waals surface area contributed by atoms with E-state index < -0.39 is 23.5 Å². The van der Waals surface area contributed by atoms with E-state index in [1.807, 2.05) is 13.0 Å². The normalized spacial score (nSPS) is 40.3. The molecule has 5 aliphatic rings. The van der Waals surface area contributed by atoms with Crippen LogP contribution >= 0.6 is 0 Å². The molecule has 7 nitrogen and oxygen atoms in total. The number of aromatic amines is 1. The van der Waals surface area contributed by atoms with E-state index in [1.165, 1.54) is 11.1 Å². The van der Waals surface area contributed by atoms with E-state index >= 15 is 0 Å². The van der Waals surface area contributed by atoms with Gasteiger partial charge in [-0.1, -0.05) is 44.1 Å². The lowest BCUT2D eigenvalue weighted by Crippen LogP contribution is -2.61. The van der Waals surface area contributed by atoms with Crippen LogP contribution in [0.3, 0.4) is 0 Å². The molecule has 1 aromatic rings. The number of hydrogen-bond acceptors (Lipinski definition) is 6. The summed E-state index contributed by atoms with van der Waals surface area (Å²) in [7, 11) is 1.63. The number of rotatable bonds is 3. The van der Waals surface area contributed by atoms with E-state index in [0.29, 0.717) is 18.4 Å². The van der Waals surface area contributed by atoms with Crippen LogP contribution in [0, 0.1) is 23.2 Å². The van der Waals surface area contributed by atoms with Crippen molar-refractivity contribution < 1.29 is 19.4 Å². The number of allylic oxidation sites excluding steroid dienone is 3. The number of carbonyl (C=O) groups excluding carboxylic acids is 1. The van der Waals surface area contributed by atoms with Gasteiger partial charge < -0.3 is 19.6 Å². The van der Waals surface area contributed by atoms with E-state index in [2.05, 4.69) is 50.1 Å². The number of ether oxygens (including phenoxy) is 2. The zero-order chi connectivity index (χ0) is 27.2. The molecule has 0 radical (unpaired) electrons. The number of hydrogen-bond donors (Lipinski definition) is 3. The third kappa shape index (κ3) is 3.51. The number of pyridine rings is 1. The maximum Gasteiger partial charge on any atom is 0.338 e. The Balaban J connectivity index is 1.53. The molecule has 2 fully saturated rings. The Kier molecular flexibility index (Phi) is 5.77. The van der Waals surface area contributed by atoms with Crippen LogP contribution < -0.4 is 10.9 Å². The Bertz CT molecular complexity index is 1350. The minimum atomic E-state index is -1.12. The largest absolute Gasteiger partial charge is 0.440 e. The summed E-state index contributed by atoms with van der Waals surface area (Å²) in [5.41, 5.74) is 4.16. The molecule has 204 valence electrons. The number of H-pyrrole nitrogens is 1. The SMILES string of the molecule is C/C=C1\[C@H]2C=C(C)C[C@]1(NC1OC(=O)C3=C4CC(C)(C)CC4[C@@H](C)[C@@H](O)C[C@]31OC)c1ccc(=O)[nH]c1C2. The molecule has 1 saturated heterocycles. The third-order valence-electron chi connectivity index (χ3n) is 10.1. The predicted octanol–water partition coefficient (Wildman–Crippen LogP) is 4.03. The van der Waals surface area contributed by atoms with E-state index in [4.69, 9.17) is 9.47 Å². The summed E-state index contributed by atoms with van der Waals surface area (Å²) in [5.74, 6) is -0.0921. The van der Waals surface area contributed by atoms with Crippen LogP contribution in [0.4, 0.5) is 0 Å². The molecule has 7 atom stereocenters. The lowest BCUT2D eigenvalue weighted by Gasteiger charge is -2.50. The van der Waals surface area contributed by atoms with Crippen LogP contribution in [0.15, 0.2) is 51.4 Å². The smallest absolute Gasteiger partial charge is 0.338 e. The third-order valence-corrected chi connectivity index (χ3v) is 10.1. The maximum absolute atomic E-state index is 13.8. The number of nitrogens with one attached hydrogen (secondary N) is 2. The summed E-state index contributed by atoms with van der Waals surface area (Å²) in [5, 5.41) is 15.3. The maximum atomic E-state index is 13.8. The molecule has 1 saturated carbocycles. The van der Waals surface area contributed by atoms with Gasteiger partial charge in [-0.3, -0.25) is 10.1 Å². The number of carbonyl (C=O) groups is 1. The van der Waals surface area contributed by atoms with Crippen molar-refractivity contribution >= 4 is 5.97 Å². The lowest BCUT2D eigenvalue weighted by molar-refractivity contribution is -0.149. The van der Waals surface area contributed by atoms with Crippen molar-refractivity contribution in [2.45, 2.75) is 90.2 Å². The topological polar surface area (TPSA) is 101 Å². The highest BCUT2D eigenvalue weighted by molar-refractivity contribution is 5.95. The molecule has 1 aromatic heterocycles. The molecule has 2 unspecified atom stereocenters. The molecule has 0 amide bonds. The molecule has 3 N–H and O–H groups in total. The first-order valence-electron chi connectivity index (χ1n) is 14.0. The highest BCUT2D eigenvalue weighted by Crippen LogP contribution is 2.57. The average Bonchev–Trinajstić information content (AvgIpc) is 3.26. The number of methoxy groups -OCH3 is 1. The quantitative estimate of drug-likeness (QED) is 0.411. The monoisotopic (exact) mass is 520 g/mol. The van der Waals surface area contributed by atoms with Crippen LogP contribution in [0.1, 0.15) is 71.6 Å². The molecular weight excluding hydrogens is 480 g/mol. The van der Waals surface area contributed by atoms with Crippen molar-refractivity contribution in [3.63, 3.8) is 0 Å². The lowest BCUT2D eigenvalue weighted by atomic mass is 9.62. The van der Waals surface area contributed by atoms with Gasteiger partial charge in [0, 0.05) is 31.2 Å². The first kappa shape index (κ1) is 25.8. The van der Waals surface area contributed by atoms with E-state index in [-0.39, 0.29) is 41.1 Å². The summed E-state index contributed by atoms with van der Waals surface area (Å²) in [6.07, 6.45) is 6.38. The van der Waals surface area contributed by atoms with Gasteiger partial charge in [0.25, 0.3) is 0 Å². The van der Waals surface area contributed by atoms with Crippen molar-refractivity contribution in [1.82, 2.24) is 10.3 Å². The first-order valence-corrected chi connectivity index (χ1v) is 14.0. The van der Waals surface area contributed by atoms with E-state index in [0.717, 1.165) is 29.7 Å². The number of aliphatic hydroxyl groups is 1. The van der Waals surface area contributed by atoms with Gasteiger partial charge in [-0.05, 0) is 74.0 Å². The number of aromatic nitrogens is 1. The molecule has 6 rings (SSSR count). The standard InChI is InChI=1S/C31H40N2O5/c1-7-21-18-10-16(2)12-30(21,22-8-9-25(35)32-23(22)11-18)33-28-31(37-6)15-24(34)17(3)19-13-29(4,5)14-20(19)26(31)27(36)38-28/h7-10,17-19,24,28,33-34H,11-15H2,1-6H3,(H,32,35)/b21-7+/t17-,18+,19?,24+,28?,30-,31+/m1/s1. The number of cyclic esters (lactones) is 1. The average molecular weight is 521 g/mol. The molecule has 2 bridgehead atoms. The molecule has 0 aromatic carbocycles. The van der Waals surface area contributed by atoms with Crippen molar-refractivity contribution in [2.24, 2.45) is 23.2 Å². The zero-order valence-electron chi connectivity index (χ0n) is 23.3. The number of aliphatic hydroxyl groups excluding tert-OH is 1. The summed E-state index contributed by atoms with van der Waals surface area (Å²) in [6, 6.07) is 3.49. The Morgan fingerprint density at radius 1 is 1.21 bits per heavy atom. The van der Waals surface area contributed by atoms with Gasteiger partial charge in [-0.25, -0.2) is 4.79 Å². The molecule has 0 spiro atoms. The van der Waals surface area contributed by atoms with Gasteiger partial charge in [0.1, 0.15) is 0 Å². The zero-order valence-corrected chi connectivity index (χ0v) is 23.3. The van der Waals surface area contributed by atoms with Crippen molar-refractivity contribution in [1.29, 1.82) is 0 Å². The summed E-state index contributed by atoms with van der Waals surface area (Å²) < 4.78 is 12.5. The fourth-order valence-corrected chi connectivity index (χ4v) is 8.54. The van der Waals surface area contributed by atoms with Crippen molar-refractivity contribution in [3.05, 3.63) is 68.2 Å². The van der Waals surface area contributed by atoms with E-state index in [9.17, 15) is 14.7 Å². The second-order valence-electron chi connectivity index (χ2n) is 13.1. The van der Waals surface area contributed by atoms with Gasteiger partial charge in [-0.15, -0.1) is 0 Å². The molecule has 2 heterocycles. The van der Waals surface area contributed by atoms with Crippen LogP contribution in [-0.4, -0.2) is 41.1 Å². The Morgan fingerprint density at radius 3 is 2.68 bits per heavy atom. The van der Waals surface area contributed by atoms with Crippen LogP contribution in [0.2, 0.25) is 0 Å². The second-order valence-corrected chi connectivity index (χ2v) is 13.1. The summed E-state index contributed by atoms with van der Waals surface area (Å²) >= 11 is 0. The predicted molar refractivity (Wildman–Crippen MR) is 144 cm³/mol. The van der Waals surface area contributed by atoms with Gasteiger partial charge >= 0.3 is 5.97 Å².